The average molecular weight is 250 g/mol. The number of hydrogen-bond donors (Lipinski definition) is 3. The van der Waals surface area contributed by atoms with E-state index in [0.717, 1.165) is 18.5 Å². The molecule has 2 rings (SSSR count). The molecular weight excluding hydrogens is 228 g/mol. The number of aromatic nitrogens is 2. The molecule has 1 aromatic rings. The second kappa shape index (κ2) is 4.72. The van der Waals surface area contributed by atoms with E-state index in [1.165, 1.54) is 0 Å². The summed E-state index contributed by atoms with van der Waals surface area (Å²) in [6.45, 7) is 6.59. The highest BCUT2D eigenvalue weighted by atomic mass is 16.2. The monoisotopic (exact) mass is 250 g/mol. The van der Waals surface area contributed by atoms with Crippen LogP contribution in [0.4, 0.5) is 0 Å². The molecule has 100 valence electrons. The van der Waals surface area contributed by atoms with Crippen LogP contribution in [0.5, 0.6) is 0 Å². The highest BCUT2D eigenvalue weighted by molar-refractivity contribution is 5.93. The van der Waals surface area contributed by atoms with Gasteiger partial charge in [0.2, 0.25) is 0 Å². The molecule has 1 aromatic heterocycles. The van der Waals surface area contributed by atoms with E-state index in [4.69, 9.17) is 5.73 Å². The Morgan fingerprint density at radius 2 is 2.33 bits per heavy atom. The number of aromatic amines is 1. The van der Waals surface area contributed by atoms with Gasteiger partial charge in [-0.2, -0.15) is 5.10 Å². The first-order chi connectivity index (χ1) is 8.46. The summed E-state index contributed by atoms with van der Waals surface area (Å²) >= 11 is 0. The zero-order valence-corrected chi connectivity index (χ0v) is 11.3. The molecule has 1 saturated carbocycles. The van der Waals surface area contributed by atoms with Gasteiger partial charge in [0.15, 0.2) is 0 Å². The first-order valence-electron chi connectivity index (χ1n) is 6.54. The third kappa shape index (κ3) is 2.56. The Kier molecular flexibility index (Phi) is 3.43. The molecule has 0 spiro atoms. The average Bonchev–Trinajstić information content (AvgIpc) is 3.06. The lowest BCUT2D eigenvalue weighted by molar-refractivity contribution is 0.0892. The van der Waals surface area contributed by atoms with Gasteiger partial charge in [-0.15, -0.1) is 0 Å². The molecular formula is C13H22N4O. The Labute approximate surface area is 108 Å². The van der Waals surface area contributed by atoms with Gasteiger partial charge in [-0.05, 0) is 37.7 Å². The first kappa shape index (κ1) is 13.1. The lowest BCUT2D eigenvalue weighted by Gasteiger charge is -2.29. The fraction of sp³-hybridized carbons (Fsp3) is 0.692. The quantitative estimate of drug-likeness (QED) is 0.738. The number of amides is 1. The van der Waals surface area contributed by atoms with E-state index in [1.807, 2.05) is 13.0 Å². The topological polar surface area (TPSA) is 83.8 Å². The van der Waals surface area contributed by atoms with Crippen molar-refractivity contribution in [3.63, 3.8) is 0 Å². The summed E-state index contributed by atoms with van der Waals surface area (Å²) in [4.78, 5) is 12.1. The molecule has 1 atom stereocenters. The van der Waals surface area contributed by atoms with Crippen molar-refractivity contribution in [1.82, 2.24) is 15.5 Å². The molecule has 0 aromatic carbocycles. The predicted octanol–water partition coefficient (Wildman–Crippen LogP) is 1.39. The Morgan fingerprint density at radius 3 is 2.78 bits per heavy atom. The molecule has 0 aliphatic heterocycles. The van der Waals surface area contributed by atoms with Gasteiger partial charge < -0.3 is 11.1 Å². The van der Waals surface area contributed by atoms with Gasteiger partial charge in [-0.3, -0.25) is 9.89 Å². The molecule has 1 heterocycles. The number of nitrogens with zero attached hydrogens (tertiary/aromatic N) is 1. The van der Waals surface area contributed by atoms with Gasteiger partial charge in [0, 0.05) is 12.2 Å². The van der Waals surface area contributed by atoms with Crippen LogP contribution < -0.4 is 11.1 Å². The minimum Gasteiger partial charge on any atom is -0.344 e. The van der Waals surface area contributed by atoms with Crippen molar-refractivity contribution in [2.24, 2.45) is 11.7 Å². The van der Waals surface area contributed by atoms with Crippen LogP contribution in [0.1, 0.15) is 55.7 Å². The highest BCUT2D eigenvalue weighted by Crippen LogP contribution is 2.39. The fourth-order valence-electron chi connectivity index (χ4n) is 2.11. The SMILES string of the molecule is CC(C)c1cc(C(=O)NC(C)(CN)C2CC2)n[nH]1. The van der Waals surface area contributed by atoms with Crippen LogP contribution in [-0.2, 0) is 0 Å². The summed E-state index contributed by atoms with van der Waals surface area (Å²) in [5.41, 5.74) is 6.90. The molecule has 1 aliphatic carbocycles. The van der Waals surface area contributed by atoms with Gasteiger partial charge in [-0.1, -0.05) is 13.8 Å². The molecule has 18 heavy (non-hydrogen) atoms. The number of hydrogen-bond acceptors (Lipinski definition) is 3. The van der Waals surface area contributed by atoms with Crippen molar-refractivity contribution < 1.29 is 4.79 Å². The van der Waals surface area contributed by atoms with E-state index < -0.39 is 0 Å². The molecule has 0 bridgehead atoms. The van der Waals surface area contributed by atoms with Crippen LogP contribution >= 0.6 is 0 Å². The third-order valence-electron chi connectivity index (χ3n) is 3.75. The maximum atomic E-state index is 12.1. The summed E-state index contributed by atoms with van der Waals surface area (Å²) < 4.78 is 0. The van der Waals surface area contributed by atoms with E-state index in [9.17, 15) is 4.79 Å². The van der Waals surface area contributed by atoms with E-state index in [1.54, 1.807) is 0 Å². The molecule has 1 fully saturated rings. The molecule has 1 unspecified atom stereocenters. The van der Waals surface area contributed by atoms with E-state index in [2.05, 4.69) is 29.4 Å². The number of nitrogens with two attached hydrogens (primary N) is 1. The Balaban J connectivity index is 2.06. The van der Waals surface area contributed by atoms with Crippen LogP contribution in [0.25, 0.3) is 0 Å². The first-order valence-corrected chi connectivity index (χ1v) is 6.54. The molecule has 4 N–H and O–H groups in total. The van der Waals surface area contributed by atoms with Crippen molar-refractivity contribution in [3.8, 4) is 0 Å². The second-order valence-electron chi connectivity index (χ2n) is 5.71. The van der Waals surface area contributed by atoms with Crippen LogP contribution in [0.3, 0.4) is 0 Å². The summed E-state index contributed by atoms with van der Waals surface area (Å²) in [6.07, 6.45) is 2.29. The summed E-state index contributed by atoms with van der Waals surface area (Å²) in [7, 11) is 0. The standard InChI is InChI=1S/C13H22N4O/c1-8(2)10-6-11(17-16-10)12(18)15-13(3,7-14)9-4-5-9/h6,8-9H,4-5,7,14H2,1-3H3,(H,15,18)(H,16,17). The molecule has 0 saturated heterocycles. The number of nitrogens with one attached hydrogen (secondary N) is 2. The van der Waals surface area contributed by atoms with E-state index in [0.29, 0.717) is 24.1 Å². The lowest BCUT2D eigenvalue weighted by atomic mass is 9.96. The van der Waals surface area contributed by atoms with Crippen molar-refractivity contribution >= 4 is 5.91 Å². The molecule has 0 radical (unpaired) electrons. The Hall–Kier alpha value is -1.36. The van der Waals surface area contributed by atoms with Crippen molar-refractivity contribution in [2.45, 2.75) is 45.1 Å². The lowest BCUT2D eigenvalue weighted by Crippen LogP contribution is -2.53. The van der Waals surface area contributed by atoms with Crippen molar-refractivity contribution in [2.75, 3.05) is 6.54 Å². The van der Waals surface area contributed by atoms with E-state index in [-0.39, 0.29) is 11.4 Å². The molecule has 1 aliphatic rings. The van der Waals surface area contributed by atoms with Gasteiger partial charge in [0.1, 0.15) is 5.69 Å². The zero-order chi connectivity index (χ0) is 13.3. The summed E-state index contributed by atoms with van der Waals surface area (Å²) in [6, 6.07) is 1.81. The largest absolute Gasteiger partial charge is 0.344 e. The molecule has 5 nitrogen and oxygen atoms in total. The fourth-order valence-corrected chi connectivity index (χ4v) is 2.11. The van der Waals surface area contributed by atoms with Gasteiger partial charge in [0.25, 0.3) is 5.91 Å². The van der Waals surface area contributed by atoms with Gasteiger partial charge >= 0.3 is 0 Å². The second-order valence-corrected chi connectivity index (χ2v) is 5.71. The van der Waals surface area contributed by atoms with Crippen LogP contribution in [0, 0.1) is 5.92 Å². The number of carbonyl (C=O) groups excluding carboxylic acids is 1. The number of carbonyl (C=O) groups is 1. The van der Waals surface area contributed by atoms with Gasteiger partial charge in [-0.25, -0.2) is 0 Å². The zero-order valence-electron chi connectivity index (χ0n) is 11.3. The summed E-state index contributed by atoms with van der Waals surface area (Å²) in [5, 5.41) is 9.98. The van der Waals surface area contributed by atoms with Crippen LogP contribution in [0.15, 0.2) is 6.07 Å². The van der Waals surface area contributed by atoms with Gasteiger partial charge in [0.05, 0.1) is 5.54 Å². The van der Waals surface area contributed by atoms with Crippen molar-refractivity contribution in [3.05, 3.63) is 17.5 Å². The number of H-pyrrole nitrogens is 1. The summed E-state index contributed by atoms with van der Waals surface area (Å²) in [5.74, 6) is 0.705. The number of rotatable bonds is 5. The van der Waals surface area contributed by atoms with Crippen LogP contribution in [0.2, 0.25) is 0 Å². The normalized spacial score (nSPS) is 18.7. The predicted molar refractivity (Wildman–Crippen MR) is 70.3 cm³/mol. The molecule has 5 heteroatoms. The van der Waals surface area contributed by atoms with Crippen LogP contribution in [-0.4, -0.2) is 28.2 Å². The van der Waals surface area contributed by atoms with Crippen molar-refractivity contribution in [1.29, 1.82) is 0 Å². The minimum atomic E-state index is -0.298. The smallest absolute Gasteiger partial charge is 0.272 e. The third-order valence-corrected chi connectivity index (χ3v) is 3.75. The minimum absolute atomic E-state index is 0.141. The Morgan fingerprint density at radius 1 is 1.67 bits per heavy atom. The highest BCUT2D eigenvalue weighted by Gasteiger charge is 2.41. The maximum absolute atomic E-state index is 12.1. The molecule has 1 amide bonds. The Bertz CT molecular complexity index is 436. The van der Waals surface area contributed by atoms with E-state index >= 15 is 0 Å². The maximum Gasteiger partial charge on any atom is 0.272 e.